The van der Waals surface area contributed by atoms with Crippen molar-refractivity contribution in [1.82, 2.24) is 9.78 Å². The Morgan fingerprint density at radius 1 is 1.20 bits per heavy atom. The maximum absolute atomic E-state index is 12.7. The summed E-state index contributed by atoms with van der Waals surface area (Å²) in [7, 11) is 1.52. The number of benzene rings is 2. The van der Waals surface area contributed by atoms with Crippen LogP contribution in [0.5, 0.6) is 5.75 Å². The summed E-state index contributed by atoms with van der Waals surface area (Å²) >= 11 is 12.0. The van der Waals surface area contributed by atoms with Crippen LogP contribution in [0.1, 0.15) is 11.3 Å². The van der Waals surface area contributed by atoms with Crippen LogP contribution in [0.2, 0.25) is 10.0 Å². The van der Waals surface area contributed by atoms with Crippen molar-refractivity contribution in [3.05, 3.63) is 74.1 Å². The number of methoxy groups -OCH3 is 1. The molecule has 0 fully saturated rings. The van der Waals surface area contributed by atoms with E-state index >= 15 is 0 Å². The summed E-state index contributed by atoms with van der Waals surface area (Å²) in [5, 5.41) is 4.10. The van der Waals surface area contributed by atoms with Gasteiger partial charge >= 0.3 is 0 Å². The first-order chi connectivity index (χ1) is 12.0. The average Bonchev–Trinajstić information content (AvgIpc) is 2.88. The van der Waals surface area contributed by atoms with Crippen molar-refractivity contribution in [1.29, 1.82) is 0 Å². The molecule has 0 saturated heterocycles. The van der Waals surface area contributed by atoms with Gasteiger partial charge < -0.3 is 4.74 Å². The molecule has 25 heavy (non-hydrogen) atoms. The predicted octanol–water partition coefficient (Wildman–Crippen LogP) is 4.54. The molecule has 0 aliphatic heterocycles. The lowest BCUT2D eigenvalue weighted by Gasteiger charge is -2.06. The Balaban J connectivity index is 2.00. The molecular weight excluding hydrogens is 361 g/mol. The van der Waals surface area contributed by atoms with Gasteiger partial charge in [-0.3, -0.25) is 14.9 Å². The number of nitrogens with one attached hydrogen (secondary N) is 1. The molecule has 0 atom stereocenters. The maximum atomic E-state index is 12.7. The Labute approximate surface area is 154 Å². The minimum absolute atomic E-state index is 0.215. The molecule has 0 amide bonds. The Morgan fingerprint density at radius 3 is 2.72 bits per heavy atom. The second kappa shape index (κ2) is 7.17. The summed E-state index contributed by atoms with van der Waals surface area (Å²) in [6.45, 7) is 1.81. The Hall–Kier alpha value is -2.50. The number of halogens is 2. The third-order valence-electron chi connectivity index (χ3n) is 3.66. The third-order valence-corrected chi connectivity index (χ3v) is 4.21. The minimum Gasteiger partial charge on any atom is -0.495 e. The summed E-state index contributed by atoms with van der Waals surface area (Å²) in [6, 6.07) is 12.2. The number of hydrogen-bond acceptors (Lipinski definition) is 3. The molecule has 7 heteroatoms. The van der Waals surface area contributed by atoms with Crippen LogP contribution in [0, 0.1) is 6.92 Å². The van der Waals surface area contributed by atoms with Gasteiger partial charge in [-0.1, -0.05) is 29.3 Å². The zero-order valence-corrected chi connectivity index (χ0v) is 15.1. The van der Waals surface area contributed by atoms with Crippen molar-refractivity contribution in [3.63, 3.8) is 0 Å². The van der Waals surface area contributed by atoms with Gasteiger partial charge in [0.25, 0.3) is 5.56 Å². The van der Waals surface area contributed by atoms with Gasteiger partial charge in [-0.05, 0) is 37.3 Å². The van der Waals surface area contributed by atoms with Gasteiger partial charge in [-0.2, -0.15) is 0 Å². The highest BCUT2D eigenvalue weighted by Gasteiger charge is 2.12. The van der Waals surface area contributed by atoms with E-state index in [0.29, 0.717) is 38.4 Å². The van der Waals surface area contributed by atoms with E-state index in [2.05, 4.69) is 10.1 Å². The van der Waals surface area contributed by atoms with E-state index in [1.165, 1.54) is 18.0 Å². The topological polar surface area (TPSA) is 59.4 Å². The van der Waals surface area contributed by atoms with Crippen LogP contribution in [-0.2, 0) is 0 Å². The van der Waals surface area contributed by atoms with Crippen LogP contribution in [0.15, 0.2) is 52.3 Å². The van der Waals surface area contributed by atoms with Crippen LogP contribution in [0.4, 0.5) is 5.69 Å². The normalized spacial score (nSPS) is 11.2. The molecule has 0 aliphatic rings. The molecule has 1 N–H and O–H groups in total. The molecule has 0 unspecified atom stereocenters. The number of rotatable bonds is 4. The number of aliphatic imine (C=N–C) groups is 1. The number of nitrogens with zero attached hydrogens (tertiary/aromatic N) is 2. The van der Waals surface area contributed by atoms with Crippen molar-refractivity contribution in [2.75, 3.05) is 7.11 Å². The first-order valence-corrected chi connectivity index (χ1v) is 8.20. The number of ether oxygens (including phenoxy) is 1. The van der Waals surface area contributed by atoms with Gasteiger partial charge in [0, 0.05) is 23.0 Å². The first kappa shape index (κ1) is 17.3. The van der Waals surface area contributed by atoms with Gasteiger partial charge in [-0.15, -0.1) is 0 Å². The number of aryl methyl sites for hydroxylation is 1. The van der Waals surface area contributed by atoms with E-state index in [-0.39, 0.29) is 5.56 Å². The fourth-order valence-corrected chi connectivity index (χ4v) is 2.76. The highest BCUT2D eigenvalue weighted by Crippen LogP contribution is 2.26. The number of aromatic nitrogens is 2. The second-order valence-corrected chi connectivity index (χ2v) is 6.19. The molecule has 5 nitrogen and oxygen atoms in total. The molecule has 0 radical (unpaired) electrons. The monoisotopic (exact) mass is 375 g/mol. The molecule has 0 spiro atoms. The summed E-state index contributed by atoms with van der Waals surface area (Å²) in [6.07, 6.45) is 1.53. The van der Waals surface area contributed by atoms with E-state index in [0.717, 1.165) is 0 Å². The highest BCUT2D eigenvalue weighted by atomic mass is 35.5. The van der Waals surface area contributed by atoms with Gasteiger partial charge in [0.1, 0.15) is 5.75 Å². The van der Waals surface area contributed by atoms with E-state index in [1.807, 2.05) is 13.0 Å². The lowest BCUT2D eigenvalue weighted by atomic mass is 10.2. The molecule has 1 heterocycles. The number of hydrogen-bond donors (Lipinski definition) is 1. The summed E-state index contributed by atoms with van der Waals surface area (Å²) < 4.78 is 6.62. The maximum Gasteiger partial charge on any atom is 0.280 e. The van der Waals surface area contributed by atoms with Gasteiger partial charge in [0.05, 0.1) is 29.1 Å². The standard InChI is InChI=1S/C18H15Cl2N3O2/c1-11-15(10-21-13-5-3-4-12(19)8-13)18(24)23(22-11)14-6-7-16(20)17(9-14)25-2/h3-10,22H,1-2H3. The Morgan fingerprint density at radius 2 is 2.00 bits per heavy atom. The Kier molecular flexibility index (Phi) is 4.97. The molecular formula is C18H15Cl2N3O2. The van der Waals surface area contributed by atoms with Crippen molar-refractivity contribution in [2.45, 2.75) is 6.92 Å². The highest BCUT2D eigenvalue weighted by molar-refractivity contribution is 6.32. The van der Waals surface area contributed by atoms with Gasteiger partial charge in [0.15, 0.2) is 0 Å². The zero-order valence-electron chi connectivity index (χ0n) is 13.6. The Bertz CT molecular complexity index is 1010. The molecule has 3 rings (SSSR count). The van der Waals surface area contributed by atoms with Crippen LogP contribution >= 0.6 is 23.2 Å². The van der Waals surface area contributed by atoms with Crippen molar-refractivity contribution < 1.29 is 4.74 Å². The zero-order chi connectivity index (χ0) is 18.0. The largest absolute Gasteiger partial charge is 0.495 e. The smallest absolute Gasteiger partial charge is 0.280 e. The van der Waals surface area contributed by atoms with E-state index in [4.69, 9.17) is 27.9 Å². The summed E-state index contributed by atoms with van der Waals surface area (Å²) in [5.74, 6) is 0.493. The fraction of sp³-hybridized carbons (Fsp3) is 0.111. The lowest BCUT2D eigenvalue weighted by Crippen LogP contribution is -2.17. The van der Waals surface area contributed by atoms with Crippen molar-refractivity contribution in [2.24, 2.45) is 4.99 Å². The third kappa shape index (κ3) is 3.62. The van der Waals surface area contributed by atoms with E-state index in [1.54, 1.807) is 36.4 Å². The molecule has 128 valence electrons. The molecule has 0 aliphatic carbocycles. The predicted molar refractivity (Wildman–Crippen MR) is 101 cm³/mol. The number of aromatic amines is 1. The number of H-pyrrole nitrogens is 1. The van der Waals surface area contributed by atoms with Crippen molar-refractivity contribution in [3.8, 4) is 11.4 Å². The molecule has 0 bridgehead atoms. The van der Waals surface area contributed by atoms with E-state index in [9.17, 15) is 4.79 Å². The molecule has 1 aromatic heterocycles. The second-order valence-electron chi connectivity index (χ2n) is 5.35. The first-order valence-electron chi connectivity index (χ1n) is 7.45. The van der Waals surface area contributed by atoms with E-state index < -0.39 is 0 Å². The summed E-state index contributed by atoms with van der Waals surface area (Å²) in [5.41, 5.74) is 2.25. The fourth-order valence-electron chi connectivity index (χ4n) is 2.38. The molecule has 0 saturated carbocycles. The lowest BCUT2D eigenvalue weighted by molar-refractivity contribution is 0.414. The van der Waals surface area contributed by atoms with Crippen LogP contribution in [0.3, 0.4) is 0 Å². The molecule has 3 aromatic rings. The minimum atomic E-state index is -0.215. The van der Waals surface area contributed by atoms with Gasteiger partial charge in [-0.25, -0.2) is 4.68 Å². The van der Waals surface area contributed by atoms with Crippen LogP contribution in [-0.4, -0.2) is 23.1 Å². The summed E-state index contributed by atoms with van der Waals surface area (Å²) in [4.78, 5) is 17.0. The molecule has 2 aromatic carbocycles. The van der Waals surface area contributed by atoms with Gasteiger partial charge in [0.2, 0.25) is 0 Å². The van der Waals surface area contributed by atoms with Crippen LogP contribution < -0.4 is 10.3 Å². The van der Waals surface area contributed by atoms with Crippen molar-refractivity contribution >= 4 is 35.1 Å². The van der Waals surface area contributed by atoms with Crippen LogP contribution in [0.25, 0.3) is 5.69 Å². The quantitative estimate of drug-likeness (QED) is 0.680. The SMILES string of the molecule is COc1cc(-n2[nH]c(C)c(C=Nc3cccc(Cl)c3)c2=O)ccc1Cl. The average molecular weight is 376 g/mol.